The molecule has 0 aromatic carbocycles. The van der Waals surface area contributed by atoms with Crippen LogP contribution in [0.4, 0.5) is 5.82 Å². The number of nitrogens with one attached hydrogen (secondary N) is 1. The van der Waals surface area contributed by atoms with E-state index in [2.05, 4.69) is 30.9 Å². The highest BCUT2D eigenvalue weighted by molar-refractivity contribution is 9.10. The van der Waals surface area contributed by atoms with E-state index in [1.165, 1.54) is 0 Å². The molecule has 1 aromatic heterocycles. The summed E-state index contributed by atoms with van der Waals surface area (Å²) in [6.45, 7) is 1.78. The highest BCUT2D eigenvalue weighted by Crippen LogP contribution is 2.14. The second kappa shape index (κ2) is 4.13. The molecule has 2 N–H and O–H groups in total. The summed E-state index contributed by atoms with van der Waals surface area (Å²) in [6, 6.07) is 0. The van der Waals surface area contributed by atoms with Crippen LogP contribution in [0.3, 0.4) is 0 Å². The lowest BCUT2D eigenvalue weighted by atomic mass is 10.5. The molecular weight excluding hydrogens is 224 g/mol. The molecule has 0 aliphatic rings. The number of aliphatic imine (C=N–C) groups is 1. The van der Waals surface area contributed by atoms with Crippen LogP contribution in [-0.2, 0) is 0 Å². The van der Waals surface area contributed by atoms with Crippen molar-refractivity contribution in [3.05, 3.63) is 16.5 Å². The molecule has 0 saturated heterocycles. The van der Waals surface area contributed by atoms with Crippen molar-refractivity contribution in [2.75, 3.05) is 0 Å². The largest absolute Gasteiger partial charge is 0.290 e. The van der Waals surface area contributed by atoms with Gasteiger partial charge in [0.1, 0.15) is 10.9 Å². The summed E-state index contributed by atoms with van der Waals surface area (Å²) in [6.07, 6.45) is 2.71. The number of aromatic nitrogens is 2. The van der Waals surface area contributed by atoms with E-state index >= 15 is 0 Å². The summed E-state index contributed by atoms with van der Waals surface area (Å²) in [5, 5.41) is 8.23. The Balaban J connectivity index is 2.97. The maximum Gasteiger partial charge on any atom is 0.176 e. The number of halogens is 1. The number of hydroxylamine groups is 1. The Kier molecular flexibility index (Phi) is 3.12. The van der Waals surface area contributed by atoms with Crippen molar-refractivity contribution < 1.29 is 5.21 Å². The van der Waals surface area contributed by atoms with E-state index < -0.39 is 0 Å². The molecule has 0 bridgehead atoms. The van der Waals surface area contributed by atoms with Gasteiger partial charge in [0.25, 0.3) is 0 Å². The Morgan fingerprint density at radius 3 is 3.17 bits per heavy atom. The topological polar surface area (TPSA) is 70.4 Å². The fourth-order valence-corrected chi connectivity index (χ4v) is 0.901. The quantitative estimate of drug-likeness (QED) is 0.455. The van der Waals surface area contributed by atoms with E-state index in [4.69, 9.17) is 5.21 Å². The first-order chi connectivity index (χ1) is 5.74. The molecule has 0 saturated carbocycles. The third kappa shape index (κ3) is 2.24. The van der Waals surface area contributed by atoms with Crippen molar-refractivity contribution in [2.45, 2.75) is 6.92 Å². The Labute approximate surface area is 77.7 Å². The molecule has 0 radical (unpaired) electrons. The van der Waals surface area contributed by atoms with Crippen LogP contribution in [0.1, 0.15) is 5.69 Å². The van der Waals surface area contributed by atoms with Gasteiger partial charge < -0.3 is 0 Å². The van der Waals surface area contributed by atoms with Gasteiger partial charge in [0.15, 0.2) is 5.82 Å². The SMILES string of the molecule is Cc1ncc(Br)nc1N=CNO. The van der Waals surface area contributed by atoms with Gasteiger partial charge >= 0.3 is 0 Å². The maximum absolute atomic E-state index is 8.23. The second-order valence-electron chi connectivity index (χ2n) is 1.99. The van der Waals surface area contributed by atoms with Crippen LogP contribution in [0.5, 0.6) is 0 Å². The van der Waals surface area contributed by atoms with E-state index in [0.29, 0.717) is 16.1 Å². The van der Waals surface area contributed by atoms with Gasteiger partial charge in [-0.05, 0) is 22.9 Å². The first-order valence-electron chi connectivity index (χ1n) is 3.15. The maximum atomic E-state index is 8.23. The third-order valence-electron chi connectivity index (χ3n) is 1.15. The van der Waals surface area contributed by atoms with Gasteiger partial charge in [-0.3, -0.25) is 15.7 Å². The summed E-state index contributed by atoms with van der Waals surface area (Å²) in [4.78, 5) is 11.8. The molecule has 12 heavy (non-hydrogen) atoms. The zero-order valence-corrected chi connectivity index (χ0v) is 7.91. The minimum atomic E-state index is 0.464. The molecule has 0 spiro atoms. The molecule has 0 amide bonds. The first kappa shape index (κ1) is 9.08. The summed E-state index contributed by atoms with van der Waals surface area (Å²) < 4.78 is 0.609. The highest BCUT2D eigenvalue weighted by atomic mass is 79.9. The smallest absolute Gasteiger partial charge is 0.176 e. The number of hydrogen-bond donors (Lipinski definition) is 2. The Morgan fingerprint density at radius 2 is 2.50 bits per heavy atom. The molecule has 1 heterocycles. The van der Waals surface area contributed by atoms with Crippen LogP contribution in [0, 0.1) is 6.92 Å². The van der Waals surface area contributed by atoms with Gasteiger partial charge in [0.05, 0.1) is 11.9 Å². The monoisotopic (exact) mass is 230 g/mol. The van der Waals surface area contributed by atoms with E-state index in [9.17, 15) is 0 Å². The molecule has 5 nitrogen and oxygen atoms in total. The lowest BCUT2D eigenvalue weighted by Crippen LogP contribution is -2.01. The first-order valence-corrected chi connectivity index (χ1v) is 3.94. The summed E-state index contributed by atoms with van der Waals surface area (Å²) in [5.41, 5.74) is 2.49. The number of rotatable bonds is 2. The average Bonchev–Trinajstić information content (AvgIpc) is 2.07. The molecule has 0 fully saturated rings. The Bertz CT molecular complexity index is 302. The van der Waals surface area contributed by atoms with Crippen molar-refractivity contribution in [1.29, 1.82) is 0 Å². The van der Waals surface area contributed by atoms with Gasteiger partial charge in [-0.1, -0.05) is 0 Å². The van der Waals surface area contributed by atoms with Crippen LogP contribution in [-0.4, -0.2) is 21.5 Å². The van der Waals surface area contributed by atoms with E-state index in [1.807, 2.05) is 0 Å². The van der Waals surface area contributed by atoms with Gasteiger partial charge in [0, 0.05) is 0 Å². The van der Waals surface area contributed by atoms with Crippen molar-refractivity contribution in [2.24, 2.45) is 4.99 Å². The third-order valence-corrected chi connectivity index (χ3v) is 1.53. The van der Waals surface area contributed by atoms with Crippen molar-refractivity contribution in [3.63, 3.8) is 0 Å². The van der Waals surface area contributed by atoms with Crippen LogP contribution in [0.15, 0.2) is 15.8 Å². The van der Waals surface area contributed by atoms with Gasteiger partial charge in [0.2, 0.25) is 0 Å². The Hall–Kier alpha value is -1.01. The second-order valence-corrected chi connectivity index (χ2v) is 2.80. The molecule has 0 unspecified atom stereocenters. The number of aryl methyl sites for hydroxylation is 1. The fourth-order valence-electron chi connectivity index (χ4n) is 0.631. The predicted octanol–water partition coefficient (Wildman–Crippen LogP) is 1.19. The number of hydrogen-bond acceptors (Lipinski definition) is 4. The van der Waals surface area contributed by atoms with E-state index in [-0.39, 0.29) is 0 Å². The molecule has 1 rings (SSSR count). The van der Waals surface area contributed by atoms with Crippen molar-refractivity contribution in [3.8, 4) is 0 Å². The summed E-state index contributed by atoms with van der Waals surface area (Å²) in [7, 11) is 0. The average molecular weight is 231 g/mol. The zero-order valence-electron chi connectivity index (χ0n) is 6.32. The normalized spacial score (nSPS) is 10.6. The summed E-state index contributed by atoms with van der Waals surface area (Å²) >= 11 is 3.16. The number of nitrogens with zero attached hydrogens (tertiary/aromatic N) is 3. The van der Waals surface area contributed by atoms with Crippen LogP contribution in [0.25, 0.3) is 0 Å². The highest BCUT2D eigenvalue weighted by Gasteiger charge is 1.98. The summed E-state index contributed by atoms with van der Waals surface area (Å²) in [5.74, 6) is 0.464. The van der Waals surface area contributed by atoms with E-state index in [1.54, 1.807) is 18.6 Å². The minimum Gasteiger partial charge on any atom is -0.290 e. The molecule has 0 aliphatic carbocycles. The molecular formula is C6H7BrN4O. The predicted molar refractivity (Wildman–Crippen MR) is 47.5 cm³/mol. The lowest BCUT2D eigenvalue weighted by Gasteiger charge is -1.97. The van der Waals surface area contributed by atoms with E-state index in [0.717, 1.165) is 6.34 Å². The van der Waals surface area contributed by atoms with Gasteiger partial charge in [-0.15, -0.1) is 0 Å². The standard InChI is InChI=1S/C6H7BrN4O/c1-4-6(9-3-10-12)11-5(7)2-8-4/h2-3,12H,1H3,(H,9,10,11). The molecule has 0 aliphatic heterocycles. The van der Waals surface area contributed by atoms with Gasteiger partial charge in [-0.2, -0.15) is 0 Å². The molecule has 64 valence electrons. The van der Waals surface area contributed by atoms with Crippen LogP contribution >= 0.6 is 15.9 Å². The van der Waals surface area contributed by atoms with Crippen molar-refractivity contribution >= 4 is 28.1 Å². The molecule has 1 aromatic rings. The van der Waals surface area contributed by atoms with Crippen LogP contribution in [0.2, 0.25) is 0 Å². The Morgan fingerprint density at radius 1 is 1.75 bits per heavy atom. The van der Waals surface area contributed by atoms with Crippen LogP contribution < -0.4 is 5.48 Å². The fraction of sp³-hybridized carbons (Fsp3) is 0.167. The van der Waals surface area contributed by atoms with Crippen molar-refractivity contribution in [1.82, 2.24) is 15.4 Å². The lowest BCUT2D eigenvalue weighted by molar-refractivity contribution is 0.240. The van der Waals surface area contributed by atoms with Gasteiger partial charge in [-0.25, -0.2) is 9.98 Å². The molecule has 0 atom stereocenters. The molecule has 6 heteroatoms. The minimum absolute atomic E-state index is 0.464. The zero-order chi connectivity index (χ0) is 8.97.